The Bertz CT molecular complexity index is 912. The number of rotatable bonds is 3. The standard InChI is InChI=1S/C19H15F3N2O2/c1-11(25)24-9-8-12-4-2-3-5-13(12)16(24)10-17(26)23-15-7-6-14(20)18(21)19(15)22/h2-9,16H,10H2,1H3,(H,23,26)/t16-/m1/s1. The molecule has 1 heterocycles. The number of halogens is 3. The van der Waals surface area contributed by atoms with Gasteiger partial charge in [0.25, 0.3) is 0 Å². The maximum Gasteiger partial charge on any atom is 0.226 e. The molecule has 3 rings (SSSR count). The Balaban J connectivity index is 1.84. The summed E-state index contributed by atoms with van der Waals surface area (Å²) in [7, 11) is 0. The number of benzene rings is 2. The number of amides is 2. The second-order valence-electron chi connectivity index (χ2n) is 5.86. The van der Waals surface area contributed by atoms with E-state index in [1.165, 1.54) is 11.8 Å². The van der Waals surface area contributed by atoms with Gasteiger partial charge in [0.05, 0.1) is 18.2 Å². The fourth-order valence-electron chi connectivity index (χ4n) is 2.91. The number of anilines is 1. The number of hydrogen-bond donors (Lipinski definition) is 1. The van der Waals surface area contributed by atoms with Crippen LogP contribution in [0.25, 0.3) is 6.08 Å². The van der Waals surface area contributed by atoms with Crippen molar-refractivity contribution in [2.24, 2.45) is 0 Å². The predicted octanol–water partition coefficient (Wildman–Crippen LogP) is 4.01. The van der Waals surface area contributed by atoms with E-state index in [1.807, 2.05) is 12.1 Å². The summed E-state index contributed by atoms with van der Waals surface area (Å²) in [5, 5.41) is 2.23. The summed E-state index contributed by atoms with van der Waals surface area (Å²) in [4.78, 5) is 25.6. The third-order valence-corrected chi connectivity index (χ3v) is 4.16. The van der Waals surface area contributed by atoms with Gasteiger partial charge in [0.2, 0.25) is 11.8 Å². The molecule has 7 heteroatoms. The van der Waals surface area contributed by atoms with Gasteiger partial charge in [0.1, 0.15) is 0 Å². The molecule has 0 bridgehead atoms. The Kier molecular flexibility index (Phi) is 4.79. The first-order valence-corrected chi connectivity index (χ1v) is 7.88. The van der Waals surface area contributed by atoms with Crippen molar-refractivity contribution in [1.29, 1.82) is 0 Å². The average Bonchev–Trinajstić information content (AvgIpc) is 2.62. The summed E-state index contributed by atoms with van der Waals surface area (Å²) in [6.07, 6.45) is 3.18. The van der Waals surface area contributed by atoms with Crippen LogP contribution in [0, 0.1) is 17.5 Å². The fraction of sp³-hybridized carbons (Fsp3) is 0.158. The molecule has 0 fully saturated rings. The first-order valence-electron chi connectivity index (χ1n) is 7.88. The summed E-state index contributed by atoms with van der Waals surface area (Å²) in [5.41, 5.74) is 1.18. The number of carbonyl (C=O) groups is 2. The molecule has 0 aliphatic carbocycles. The predicted molar refractivity (Wildman–Crippen MR) is 90.3 cm³/mol. The van der Waals surface area contributed by atoms with Crippen LogP contribution < -0.4 is 5.32 Å². The zero-order chi connectivity index (χ0) is 18.8. The minimum atomic E-state index is -1.65. The van der Waals surface area contributed by atoms with E-state index in [0.29, 0.717) is 0 Å². The molecular weight excluding hydrogens is 345 g/mol. The number of carbonyl (C=O) groups excluding carboxylic acids is 2. The fourth-order valence-corrected chi connectivity index (χ4v) is 2.91. The molecule has 134 valence electrons. The van der Waals surface area contributed by atoms with E-state index in [-0.39, 0.29) is 12.3 Å². The summed E-state index contributed by atoms with van der Waals surface area (Å²) >= 11 is 0. The van der Waals surface area contributed by atoms with Crippen LogP contribution in [0.1, 0.15) is 30.5 Å². The SMILES string of the molecule is CC(=O)N1C=Cc2ccccc2[C@H]1CC(=O)Nc1ccc(F)c(F)c1F. The molecule has 2 amide bonds. The van der Waals surface area contributed by atoms with Gasteiger partial charge in [0, 0.05) is 13.1 Å². The molecule has 1 aliphatic heterocycles. The molecule has 0 unspecified atom stereocenters. The Morgan fingerprint density at radius 2 is 1.81 bits per heavy atom. The van der Waals surface area contributed by atoms with E-state index in [1.54, 1.807) is 24.4 Å². The van der Waals surface area contributed by atoms with Gasteiger partial charge in [-0.15, -0.1) is 0 Å². The minimum absolute atomic E-state index is 0.167. The van der Waals surface area contributed by atoms with Gasteiger partial charge in [-0.3, -0.25) is 9.59 Å². The lowest BCUT2D eigenvalue weighted by Gasteiger charge is -2.32. The lowest BCUT2D eigenvalue weighted by atomic mass is 9.93. The van der Waals surface area contributed by atoms with E-state index in [4.69, 9.17) is 0 Å². The van der Waals surface area contributed by atoms with Gasteiger partial charge in [0.15, 0.2) is 17.5 Å². The van der Waals surface area contributed by atoms with Gasteiger partial charge in [-0.1, -0.05) is 24.3 Å². The zero-order valence-corrected chi connectivity index (χ0v) is 13.8. The van der Waals surface area contributed by atoms with Crippen LogP contribution in [-0.2, 0) is 9.59 Å². The highest BCUT2D eigenvalue weighted by molar-refractivity contribution is 5.92. The van der Waals surface area contributed by atoms with Gasteiger partial charge in [-0.2, -0.15) is 0 Å². The second-order valence-corrected chi connectivity index (χ2v) is 5.86. The van der Waals surface area contributed by atoms with Crippen molar-refractivity contribution in [2.75, 3.05) is 5.32 Å². The maximum absolute atomic E-state index is 13.7. The largest absolute Gasteiger partial charge is 0.323 e. The molecule has 0 spiro atoms. The van der Waals surface area contributed by atoms with E-state index < -0.39 is 35.1 Å². The van der Waals surface area contributed by atoms with Crippen molar-refractivity contribution in [3.63, 3.8) is 0 Å². The van der Waals surface area contributed by atoms with Crippen molar-refractivity contribution in [3.8, 4) is 0 Å². The number of fused-ring (bicyclic) bond motifs is 1. The normalized spacial score (nSPS) is 15.5. The van der Waals surface area contributed by atoms with Crippen LogP contribution in [0.5, 0.6) is 0 Å². The molecule has 0 aromatic heterocycles. The van der Waals surface area contributed by atoms with E-state index in [2.05, 4.69) is 5.32 Å². The van der Waals surface area contributed by atoms with Crippen molar-refractivity contribution in [3.05, 3.63) is 71.2 Å². The van der Waals surface area contributed by atoms with Crippen LogP contribution >= 0.6 is 0 Å². The van der Waals surface area contributed by atoms with Gasteiger partial charge >= 0.3 is 0 Å². The highest BCUT2D eigenvalue weighted by Gasteiger charge is 2.28. The molecule has 1 atom stereocenters. The zero-order valence-electron chi connectivity index (χ0n) is 13.8. The van der Waals surface area contributed by atoms with Crippen LogP contribution in [0.4, 0.5) is 18.9 Å². The highest BCUT2D eigenvalue weighted by atomic mass is 19.2. The van der Waals surface area contributed by atoms with Crippen LogP contribution in [0.2, 0.25) is 0 Å². The smallest absolute Gasteiger partial charge is 0.226 e. The molecular formula is C19H15F3N2O2. The first kappa shape index (κ1) is 17.7. The van der Waals surface area contributed by atoms with Crippen LogP contribution in [-0.4, -0.2) is 16.7 Å². The van der Waals surface area contributed by atoms with E-state index in [0.717, 1.165) is 23.3 Å². The topological polar surface area (TPSA) is 49.4 Å². The van der Waals surface area contributed by atoms with Gasteiger partial charge in [-0.25, -0.2) is 13.2 Å². The quantitative estimate of drug-likeness (QED) is 0.841. The number of hydrogen-bond acceptors (Lipinski definition) is 2. The summed E-state index contributed by atoms with van der Waals surface area (Å²) in [6, 6.07) is 8.37. The summed E-state index contributed by atoms with van der Waals surface area (Å²) < 4.78 is 40.0. The molecule has 26 heavy (non-hydrogen) atoms. The van der Waals surface area contributed by atoms with E-state index in [9.17, 15) is 22.8 Å². The highest BCUT2D eigenvalue weighted by Crippen LogP contribution is 2.33. The van der Waals surface area contributed by atoms with Crippen molar-refractivity contribution in [2.45, 2.75) is 19.4 Å². The number of nitrogens with one attached hydrogen (secondary N) is 1. The molecule has 1 aliphatic rings. The molecule has 4 nitrogen and oxygen atoms in total. The number of nitrogens with zero attached hydrogens (tertiary/aromatic N) is 1. The van der Waals surface area contributed by atoms with Crippen LogP contribution in [0.3, 0.4) is 0 Å². The summed E-state index contributed by atoms with van der Waals surface area (Å²) in [5.74, 6) is -5.34. The van der Waals surface area contributed by atoms with Crippen molar-refractivity contribution < 1.29 is 22.8 Å². The molecule has 0 saturated heterocycles. The van der Waals surface area contributed by atoms with Crippen molar-refractivity contribution >= 4 is 23.6 Å². The molecule has 2 aromatic carbocycles. The maximum atomic E-state index is 13.7. The third-order valence-electron chi connectivity index (χ3n) is 4.16. The lowest BCUT2D eigenvalue weighted by molar-refractivity contribution is -0.129. The Hall–Kier alpha value is -3.09. The lowest BCUT2D eigenvalue weighted by Crippen LogP contribution is -2.33. The third kappa shape index (κ3) is 3.33. The monoisotopic (exact) mass is 360 g/mol. The Morgan fingerprint density at radius 1 is 1.08 bits per heavy atom. The van der Waals surface area contributed by atoms with Crippen molar-refractivity contribution in [1.82, 2.24) is 4.90 Å². The van der Waals surface area contributed by atoms with Gasteiger partial charge in [-0.05, 0) is 29.3 Å². The summed E-state index contributed by atoms with van der Waals surface area (Å²) in [6.45, 7) is 1.37. The Labute approximate surface area is 147 Å². The molecule has 0 saturated carbocycles. The van der Waals surface area contributed by atoms with E-state index >= 15 is 0 Å². The second kappa shape index (κ2) is 7.03. The molecule has 2 aromatic rings. The minimum Gasteiger partial charge on any atom is -0.323 e. The Morgan fingerprint density at radius 3 is 2.54 bits per heavy atom. The first-order chi connectivity index (χ1) is 12.4. The average molecular weight is 360 g/mol. The van der Waals surface area contributed by atoms with Crippen LogP contribution in [0.15, 0.2) is 42.6 Å². The molecule has 0 radical (unpaired) electrons. The van der Waals surface area contributed by atoms with Gasteiger partial charge < -0.3 is 10.2 Å². The molecule has 1 N–H and O–H groups in total.